The van der Waals surface area contributed by atoms with E-state index < -0.39 is 13.9 Å². The van der Waals surface area contributed by atoms with Crippen LogP contribution < -0.4 is 0 Å². The number of hydrogen-bond acceptors (Lipinski definition) is 2. The molecule has 2 nitrogen and oxygen atoms in total. The summed E-state index contributed by atoms with van der Waals surface area (Å²) in [4.78, 5) is 0. The maximum absolute atomic E-state index is 9.95. The first-order valence-corrected chi connectivity index (χ1v) is 15.0. The molecular weight excluding hydrogens is 360 g/mol. The summed E-state index contributed by atoms with van der Waals surface area (Å²) in [7, 11) is -1.69. The molecule has 2 fully saturated rings. The quantitative estimate of drug-likeness (QED) is 0.333. The van der Waals surface area contributed by atoms with Crippen molar-refractivity contribution in [2.24, 2.45) is 29.6 Å². The Labute approximate surface area is 177 Å². The lowest BCUT2D eigenvalue weighted by molar-refractivity contribution is 0.00963. The molecule has 2 aliphatic rings. The van der Waals surface area contributed by atoms with E-state index in [9.17, 15) is 5.11 Å². The largest absolute Gasteiger partial charge is 0.414 e. The highest BCUT2D eigenvalue weighted by atomic mass is 28.4. The number of unbranched alkanes of at least 4 members (excludes halogenated alkanes) is 1. The normalized spacial score (nSPS) is 33.0. The van der Waals surface area contributed by atoms with Crippen LogP contribution in [-0.2, 0) is 4.43 Å². The molecule has 3 heteroatoms. The van der Waals surface area contributed by atoms with E-state index in [0.29, 0.717) is 11.1 Å². The smallest absolute Gasteiger partial charge is 0.192 e. The van der Waals surface area contributed by atoms with E-state index in [-0.39, 0.29) is 0 Å². The van der Waals surface area contributed by atoms with Crippen molar-refractivity contribution in [3.63, 3.8) is 0 Å². The summed E-state index contributed by atoms with van der Waals surface area (Å²) in [5.41, 5.74) is -0.506. The third-order valence-corrected chi connectivity index (χ3v) is 13.0. The molecule has 0 aromatic carbocycles. The first kappa shape index (κ1) is 24.4. The van der Waals surface area contributed by atoms with Gasteiger partial charge < -0.3 is 9.53 Å². The van der Waals surface area contributed by atoms with Crippen molar-refractivity contribution < 1.29 is 9.53 Å². The van der Waals surface area contributed by atoms with Gasteiger partial charge in [-0.15, -0.1) is 0 Å². The zero-order valence-corrected chi connectivity index (χ0v) is 21.5. The predicted octanol–water partition coefficient (Wildman–Crippen LogP) is 7.42. The lowest BCUT2D eigenvalue weighted by Crippen LogP contribution is -2.48. The SMILES string of the molecule is CC1CCC(O[Si](C)(C)C(C)(C)C)[C@@H]2CC[C@H]([C@H](C)CCCCC(C)(C)O)[C@@H]12. The second-order valence-electron chi connectivity index (χ2n) is 12.5. The molecule has 0 spiro atoms. The van der Waals surface area contributed by atoms with Crippen molar-refractivity contribution in [1.82, 2.24) is 0 Å². The molecule has 0 aromatic rings. The zero-order chi connectivity index (χ0) is 21.3. The average molecular weight is 411 g/mol. The van der Waals surface area contributed by atoms with Gasteiger partial charge >= 0.3 is 0 Å². The van der Waals surface area contributed by atoms with Crippen LogP contribution in [0.5, 0.6) is 0 Å². The molecule has 2 unspecified atom stereocenters. The number of rotatable bonds is 8. The fourth-order valence-corrected chi connectivity index (χ4v) is 7.21. The lowest BCUT2D eigenvalue weighted by Gasteiger charge is -2.47. The van der Waals surface area contributed by atoms with Crippen LogP contribution in [0.15, 0.2) is 0 Å². The van der Waals surface area contributed by atoms with Crippen LogP contribution in [0.1, 0.15) is 99.8 Å². The van der Waals surface area contributed by atoms with Gasteiger partial charge in [-0.1, -0.05) is 53.9 Å². The molecule has 1 N–H and O–H groups in total. The van der Waals surface area contributed by atoms with Crippen molar-refractivity contribution >= 4 is 8.32 Å². The van der Waals surface area contributed by atoms with Gasteiger partial charge in [0.05, 0.1) is 5.60 Å². The topological polar surface area (TPSA) is 29.5 Å². The van der Waals surface area contributed by atoms with Crippen molar-refractivity contribution in [3.05, 3.63) is 0 Å². The summed E-state index contributed by atoms with van der Waals surface area (Å²) in [6.45, 7) is 20.9. The van der Waals surface area contributed by atoms with E-state index in [2.05, 4.69) is 47.7 Å². The molecular formula is C25H50O2Si. The Bertz CT molecular complexity index is 488. The van der Waals surface area contributed by atoms with E-state index >= 15 is 0 Å². The minimum atomic E-state index is -1.69. The van der Waals surface area contributed by atoms with Gasteiger partial charge in [0.1, 0.15) is 0 Å². The molecule has 6 atom stereocenters. The average Bonchev–Trinajstić information content (AvgIpc) is 2.98. The maximum Gasteiger partial charge on any atom is 0.192 e. The Morgan fingerprint density at radius 3 is 2.21 bits per heavy atom. The first-order valence-electron chi connectivity index (χ1n) is 12.1. The molecule has 2 rings (SSSR count). The third kappa shape index (κ3) is 6.08. The molecule has 0 radical (unpaired) electrons. The van der Waals surface area contributed by atoms with Crippen LogP contribution in [0.4, 0.5) is 0 Å². The van der Waals surface area contributed by atoms with E-state index in [4.69, 9.17) is 4.43 Å². The molecule has 2 aliphatic carbocycles. The highest BCUT2D eigenvalue weighted by molar-refractivity contribution is 6.74. The van der Waals surface area contributed by atoms with E-state index in [1.807, 2.05) is 13.8 Å². The van der Waals surface area contributed by atoms with Crippen LogP contribution in [0.3, 0.4) is 0 Å². The fraction of sp³-hybridized carbons (Fsp3) is 1.00. The second-order valence-corrected chi connectivity index (χ2v) is 17.2. The number of fused-ring (bicyclic) bond motifs is 1. The Morgan fingerprint density at radius 1 is 1.00 bits per heavy atom. The summed E-state index contributed by atoms with van der Waals surface area (Å²) in [5.74, 6) is 4.21. The van der Waals surface area contributed by atoms with Crippen molar-refractivity contribution in [2.45, 2.75) is 130 Å². The molecule has 0 amide bonds. The van der Waals surface area contributed by atoms with E-state index in [0.717, 1.165) is 42.4 Å². The molecule has 28 heavy (non-hydrogen) atoms. The molecule has 0 saturated heterocycles. The zero-order valence-electron chi connectivity index (χ0n) is 20.5. The van der Waals surface area contributed by atoms with Gasteiger partial charge in [-0.25, -0.2) is 0 Å². The van der Waals surface area contributed by atoms with Gasteiger partial charge in [0, 0.05) is 6.10 Å². The molecule has 0 bridgehead atoms. The van der Waals surface area contributed by atoms with Crippen LogP contribution in [0.25, 0.3) is 0 Å². The second kappa shape index (κ2) is 9.10. The van der Waals surface area contributed by atoms with Gasteiger partial charge in [-0.05, 0) is 93.7 Å². The molecule has 2 saturated carbocycles. The minimum Gasteiger partial charge on any atom is -0.414 e. The highest BCUT2D eigenvalue weighted by Crippen LogP contribution is 2.54. The lowest BCUT2D eigenvalue weighted by atomic mass is 9.67. The van der Waals surface area contributed by atoms with Gasteiger partial charge in [0.25, 0.3) is 0 Å². The third-order valence-electron chi connectivity index (χ3n) is 8.54. The first-order chi connectivity index (χ1) is 12.7. The number of hydrogen-bond donors (Lipinski definition) is 1. The summed E-state index contributed by atoms with van der Waals surface area (Å²) in [6.07, 6.45) is 10.6. The van der Waals surface area contributed by atoms with Crippen LogP contribution in [0.2, 0.25) is 18.1 Å². The van der Waals surface area contributed by atoms with Crippen molar-refractivity contribution in [3.8, 4) is 0 Å². The van der Waals surface area contributed by atoms with Crippen molar-refractivity contribution in [1.29, 1.82) is 0 Å². The Hall–Kier alpha value is 0.137. The molecule has 0 heterocycles. The fourth-order valence-electron chi connectivity index (χ4n) is 5.80. The standard InChI is InChI=1S/C25H50O2Si/c1-18(12-10-11-17-25(6,7)26)20-14-15-21-22(16-13-19(2)23(20)21)27-28(8,9)24(3,4)5/h18-23,26H,10-17H2,1-9H3/t18-,19?,20-,21+,22?,23-/m1/s1. The monoisotopic (exact) mass is 410 g/mol. The Kier molecular flexibility index (Phi) is 7.93. The maximum atomic E-state index is 9.95. The Morgan fingerprint density at radius 2 is 1.64 bits per heavy atom. The highest BCUT2D eigenvalue weighted by Gasteiger charge is 2.50. The van der Waals surface area contributed by atoms with Crippen LogP contribution in [-0.4, -0.2) is 25.1 Å². The van der Waals surface area contributed by atoms with Gasteiger partial charge in [0.15, 0.2) is 8.32 Å². The summed E-state index contributed by atoms with van der Waals surface area (Å²) < 4.78 is 6.98. The van der Waals surface area contributed by atoms with Gasteiger partial charge in [-0.2, -0.15) is 0 Å². The summed E-state index contributed by atoms with van der Waals surface area (Å²) in [6, 6.07) is 0. The van der Waals surface area contributed by atoms with Crippen LogP contribution in [0, 0.1) is 29.6 Å². The summed E-state index contributed by atoms with van der Waals surface area (Å²) >= 11 is 0. The molecule has 0 aromatic heterocycles. The van der Waals surface area contributed by atoms with E-state index in [1.165, 1.54) is 38.5 Å². The predicted molar refractivity (Wildman–Crippen MR) is 124 cm³/mol. The molecule has 0 aliphatic heterocycles. The number of aliphatic hydroxyl groups is 1. The van der Waals surface area contributed by atoms with Crippen molar-refractivity contribution in [2.75, 3.05) is 0 Å². The van der Waals surface area contributed by atoms with Crippen LogP contribution >= 0.6 is 0 Å². The Balaban J connectivity index is 1.96. The van der Waals surface area contributed by atoms with E-state index in [1.54, 1.807) is 0 Å². The van der Waals surface area contributed by atoms with Gasteiger partial charge in [0.2, 0.25) is 0 Å². The van der Waals surface area contributed by atoms with Gasteiger partial charge in [-0.3, -0.25) is 0 Å². The summed E-state index contributed by atoms with van der Waals surface area (Å²) in [5, 5.41) is 10.3. The minimum absolute atomic E-state index is 0.303. The molecule has 166 valence electrons.